The van der Waals surface area contributed by atoms with E-state index in [1.165, 1.54) is 13.8 Å². The average molecular weight is 250 g/mol. The molecule has 7 heteroatoms. The molecule has 0 N–H and O–H groups in total. The SMILES string of the molecule is Cc1c([N+](=O)[O-])ccc(S(=O)(=O)Cl)c1C. The number of hydrogen-bond acceptors (Lipinski definition) is 4. The van der Waals surface area contributed by atoms with Crippen LogP contribution in [-0.4, -0.2) is 13.3 Å². The molecule has 0 aromatic heterocycles. The van der Waals surface area contributed by atoms with Crippen molar-refractivity contribution in [2.75, 3.05) is 0 Å². The van der Waals surface area contributed by atoms with Crippen LogP contribution in [0.15, 0.2) is 17.0 Å². The third kappa shape index (κ3) is 2.27. The van der Waals surface area contributed by atoms with Crippen LogP contribution >= 0.6 is 10.7 Å². The van der Waals surface area contributed by atoms with Crippen molar-refractivity contribution in [3.8, 4) is 0 Å². The fourth-order valence-electron chi connectivity index (χ4n) is 1.24. The highest BCUT2D eigenvalue weighted by atomic mass is 35.7. The van der Waals surface area contributed by atoms with Gasteiger partial charge in [-0.15, -0.1) is 0 Å². The first-order valence-electron chi connectivity index (χ1n) is 3.94. The maximum absolute atomic E-state index is 11.1. The van der Waals surface area contributed by atoms with E-state index in [0.717, 1.165) is 12.1 Å². The van der Waals surface area contributed by atoms with Gasteiger partial charge in [-0.25, -0.2) is 8.42 Å². The number of rotatable bonds is 2. The summed E-state index contributed by atoms with van der Waals surface area (Å²) in [4.78, 5) is 9.91. The number of halogens is 1. The van der Waals surface area contributed by atoms with Crippen molar-refractivity contribution in [2.24, 2.45) is 0 Å². The Balaban J connectivity index is 3.55. The van der Waals surface area contributed by atoms with Crippen LogP contribution in [0.25, 0.3) is 0 Å². The Bertz CT molecular complexity index is 524. The monoisotopic (exact) mass is 249 g/mol. The molecule has 15 heavy (non-hydrogen) atoms. The standard InChI is InChI=1S/C8H8ClNO4S/c1-5-6(2)8(15(9,13)14)4-3-7(5)10(11)12/h3-4H,1-2H3. The van der Waals surface area contributed by atoms with Crippen molar-refractivity contribution in [3.63, 3.8) is 0 Å². The van der Waals surface area contributed by atoms with Crippen LogP contribution in [0.4, 0.5) is 5.69 Å². The number of nitro benzene ring substituents is 1. The summed E-state index contributed by atoms with van der Waals surface area (Å²) in [5, 5.41) is 10.6. The molecule has 0 spiro atoms. The van der Waals surface area contributed by atoms with E-state index in [2.05, 4.69) is 0 Å². The third-order valence-electron chi connectivity index (χ3n) is 2.17. The summed E-state index contributed by atoms with van der Waals surface area (Å²) >= 11 is 0. The molecule has 0 amide bonds. The highest BCUT2D eigenvalue weighted by molar-refractivity contribution is 8.13. The molecule has 0 bridgehead atoms. The highest BCUT2D eigenvalue weighted by Gasteiger charge is 2.20. The lowest BCUT2D eigenvalue weighted by atomic mass is 10.1. The minimum absolute atomic E-state index is 0.0905. The second kappa shape index (κ2) is 3.79. The van der Waals surface area contributed by atoms with E-state index in [-0.39, 0.29) is 10.6 Å². The quantitative estimate of drug-likeness (QED) is 0.457. The predicted molar refractivity (Wildman–Crippen MR) is 55.6 cm³/mol. The van der Waals surface area contributed by atoms with Gasteiger partial charge in [-0.3, -0.25) is 10.1 Å². The largest absolute Gasteiger partial charge is 0.272 e. The van der Waals surface area contributed by atoms with Crippen LogP contribution in [-0.2, 0) is 9.05 Å². The zero-order valence-electron chi connectivity index (χ0n) is 8.02. The molecule has 1 rings (SSSR count). The summed E-state index contributed by atoms with van der Waals surface area (Å²) in [5.41, 5.74) is 0.498. The van der Waals surface area contributed by atoms with Crippen molar-refractivity contribution >= 4 is 25.4 Å². The Morgan fingerprint density at radius 3 is 2.20 bits per heavy atom. The Morgan fingerprint density at radius 1 is 1.27 bits per heavy atom. The topological polar surface area (TPSA) is 77.3 Å². The summed E-state index contributed by atoms with van der Waals surface area (Å²) in [5.74, 6) is 0. The number of nitrogens with zero attached hydrogens (tertiary/aromatic N) is 1. The molecule has 1 aromatic carbocycles. The smallest absolute Gasteiger partial charge is 0.258 e. The van der Waals surface area contributed by atoms with Gasteiger partial charge in [0.05, 0.1) is 9.82 Å². The number of hydrogen-bond donors (Lipinski definition) is 0. The van der Waals surface area contributed by atoms with Gasteiger partial charge in [0, 0.05) is 22.3 Å². The van der Waals surface area contributed by atoms with Crippen LogP contribution < -0.4 is 0 Å². The van der Waals surface area contributed by atoms with Gasteiger partial charge in [-0.2, -0.15) is 0 Å². The lowest BCUT2D eigenvalue weighted by Gasteiger charge is -2.05. The zero-order chi connectivity index (χ0) is 11.8. The van der Waals surface area contributed by atoms with Gasteiger partial charge in [0.2, 0.25) is 0 Å². The van der Waals surface area contributed by atoms with E-state index in [1.54, 1.807) is 0 Å². The van der Waals surface area contributed by atoms with Crippen LogP contribution in [0.2, 0.25) is 0 Å². The number of nitro groups is 1. The molecular weight excluding hydrogens is 242 g/mol. The molecule has 0 atom stereocenters. The lowest BCUT2D eigenvalue weighted by molar-refractivity contribution is -0.385. The second-order valence-electron chi connectivity index (χ2n) is 3.03. The van der Waals surface area contributed by atoms with Gasteiger partial charge in [-0.05, 0) is 25.5 Å². The first-order chi connectivity index (χ1) is 6.75. The Hall–Kier alpha value is -1.14. The molecule has 1 aromatic rings. The van der Waals surface area contributed by atoms with Gasteiger partial charge < -0.3 is 0 Å². The molecule has 0 saturated heterocycles. The van der Waals surface area contributed by atoms with E-state index in [1.807, 2.05) is 0 Å². The van der Waals surface area contributed by atoms with Crippen LogP contribution in [0.3, 0.4) is 0 Å². The summed E-state index contributed by atoms with van der Waals surface area (Å²) in [6, 6.07) is 2.28. The molecule has 0 unspecified atom stereocenters. The number of benzene rings is 1. The minimum atomic E-state index is -3.85. The summed E-state index contributed by atoms with van der Waals surface area (Å²) in [6.45, 7) is 2.97. The average Bonchev–Trinajstić information content (AvgIpc) is 2.06. The normalized spacial score (nSPS) is 11.4. The molecule has 0 heterocycles. The zero-order valence-corrected chi connectivity index (χ0v) is 9.59. The third-order valence-corrected chi connectivity index (χ3v) is 3.63. The lowest BCUT2D eigenvalue weighted by Crippen LogP contribution is -2.00. The highest BCUT2D eigenvalue weighted by Crippen LogP contribution is 2.28. The summed E-state index contributed by atoms with van der Waals surface area (Å²) < 4.78 is 22.2. The van der Waals surface area contributed by atoms with E-state index >= 15 is 0 Å². The van der Waals surface area contributed by atoms with Crippen molar-refractivity contribution in [2.45, 2.75) is 18.7 Å². The predicted octanol–water partition coefficient (Wildman–Crippen LogP) is 2.14. The first kappa shape index (κ1) is 11.9. The fraction of sp³-hybridized carbons (Fsp3) is 0.250. The molecular formula is C8H8ClNO4S. The van der Waals surface area contributed by atoms with Gasteiger partial charge in [0.25, 0.3) is 14.7 Å². The Morgan fingerprint density at radius 2 is 1.80 bits per heavy atom. The van der Waals surface area contributed by atoms with E-state index in [9.17, 15) is 18.5 Å². The fourth-order valence-corrected chi connectivity index (χ4v) is 2.49. The summed E-state index contributed by atoms with van der Waals surface area (Å²) in [6.07, 6.45) is 0. The van der Waals surface area contributed by atoms with Gasteiger partial charge in [0.1, 0.15) is 0 Å². The molecule has 0 aliphatic rings. The van der Waals surface area contributed by atoms with Gasteiger partial charge >= 0.3 is 0 Å². The van der Waals surface area contributed by atoms with Gasteiger partial charge in [0.15, 0.2) is 0 Å². The molecule has 0 aliphatic carbocycles. The van der Waals surface area contributed by atoms with E-state index < -0.39 is 14.0 Å². The van der Waals surface area contributed by atoms with Crippen LogP contribution in [0, 0.1) is 24.0 Å². The van der Waals surface area contributed by atoms with Crippen molar-refractivity contribution in [1.29, 1.82) is 0 Å². The van der Waals surface area contributed by atoms with E-state index in [4.69, 9.17) is 10.7 Å². The summed E-state index contributed by atoms with van der Waals surface area (Å²) in [7, 11) is 1.32. The second-order valence-corrected chi connectivity index (χ2v) is 5.56. The minimum Gasteiger partial charge on any atom is -0.258 e. The first-order valence-corrected chi connectivity index (χ1v) is 6.25. The van der Waals surface area contributed by atoms with Crippen molar-refractivity contribution in [1.82, 2.24) is 0 Å². The van der Waals surface area contributed by atoms with Crippen molar-refractivity contribution in [3.05, 3.63) is 33.4 Å². The molecule has 0 saturated carbocycles. The van der Waals surface area contributed by atoms with Crippen LogP contribution in [0.1, 0.15) is 11.1 Å². The van der Waals surface area contributed by atoms with E-state index in [0.29, 0.717) is 11.1 Å². The maximum Gasteiger partial charge on any atom is 0.272 e. The molecule has 0 fully saturated rings. The van der Waals surface area contributed by atoms with Gasteiger partial charge in [-0.1, -0.05) is 0 Å². The molecule has 0 aliphatic heterocycles. The van der Waals surface area contributed by atoms with Crippen molar-refractivity contribution < 1.29 is 13.3 Å². The molecule has 82 valence electrons. The Kier molecular flexibility index (Phi) is 3.01. The maximum atomic E-state index is 11.1. The van der Waals surface area contributed by atoms with Crippen LogP contribution in [0.5, 0.6) is 0 Å². The Labute approximate surface area is 91.2 Å². The molecule has 5 nitrogen and oxygen atoms in total. The molecule has 0 radical (unpaired) electrons.